The van der Waals surface area contributed by atoms with E-state index in [9.17, 15) is 9.90 Å². The molecule has 3 atom stereocenters. The van der Waals surface area contributed by atoms with Crippen molar-refractivity contribution in [2.75, 3.05) is 6.61 Å². The lowest BCUT2D eigenvalue weighted by Crippen LogP contribution is -2.37. The van der Waals surface area contributed by atoms with Crippen LogP contribution in [0.25, 0.3) is 0 Å². The molecule has 3 heteroatoms. The highest BCUT2D eigenvalue weighted by Gasteiger charge is 2.63. The minimum absolute atomic E-state index is 0.0178. The van der Waals surface area contributed by atoms with E-state index in [0.29, 0.717) is 0 Å². The van der Waals surface area contributed by atoms with Gasteiger partial charge in [0.05, 0.1) is 5.41 Å². The largest absolute Gasteiger partial charge is 0.396 e. The molecule has 1 aliphatic carbocycles. The van der Waals surface area contributed by atoms with Gasteiger partial charge in [-0.15, -0.1) is 0 Å². The Morgan fingerprint density at radius 1 is 1.44 bits per heavy atom. The van der Waals surface area contributed by atoms with E-state index in [2.05, 4.69) is 0 Å². The molecule has 1 aromatic rings. The number of rotatable bonds is 5. The minimum atomic E-state index is -0.551. The molecular weight excluding hydrogens is 226 g/mol. The predicted octanol–water partition coefficient (Wildman–Crippen LogP) is 1.91. The van der Waals surface area contributed by atoms with Gasteiger partial charge in [-0.25, -0.2) is 0 Å². The van der Waals surface area contributed by atoms with Crippen LogP contribution in [0.2, 0.25) is 0 Å². The first-order valence-electron chi connectivity index (χ1n) is 6.49. The van der Waals surface area contributed by atoms with Crippen molar-refractivity contribution in [3.63, 3.8) is 0 Å². The number of benzene rings is 1. The fraction of sp³-hybridized carbons (Fsp3) is 0.533. The molecule has 0 saturated heterocycles. The van der Waals surface area contributed by atoms with E-state index >= 15 is 0 Å². The van der Waals surface area contributed by atoms with E-state index in [4.69, 9.17) is 5.73 Å². The van der Waals surface area contributed by atoms with E-state index in [0.717, 1.165) is 12.0 Å². The van der Waals surface area contributed by atoms with Gasteiger partial charge in [-0.3, -0.25) is 4.79 Å². The highest BCUT2D eigenvalue weighted by Crippen LogP contribution is 2.64. The molecule has 18 heavy (non-hydrogen) atoms. The van der Waals surface area contributed by atoms with E-state index in [1.54, 1.807) is 0 Å². The summed E-state index contributed by atoms with van der Waals surface area (Å²) in [5, 5.41) is 9.58. The Morgan fingerprint density at radius 3 is 2.50 bits per heavy atom. The average Bonchev–Trinajstić information content (AvgIpc) is 3.07. The smallest absolute Gasteiger partial charge is 0.224 e. The lowest BCUT2D eigenvalue weighted by molar-refractivity contribution is -0.126. The van der Waals surface area contributed by atoms with Gasteiger partial charge in [0.25, 0.3) is 0 Å². The van der Waals surface area contributed by atoms with E-state index < -0.39 is 5.41 Å². The van der Waals surface area contributed by atoms with Crippen molar-refractivity contribution in [2.45, 2.75) is 26.2 Å². The normalized spacial score (nSPS) is 28.1. The van der Waals surface area contributed by atoms with Crippen LogP contribution in [0.1, 0.15) is 31.7 Å². The predicted molar refractivity (Wildman–Crippen MR) is 70.8 cm³/mol. The maximum absolute atomic E-state index is 11.9. The molecule has 0 bridgehead atoms. The fourth-order valence-electron chi connectivity index (χ4n) is 3.21. The van der Waals surface area contributed by atoms with Crippen molar-refractivity contribution < 1.29 is 9.90 Å². The zero-order valence-electron chi connectivity index (χ0n) is 11.0. The number of nitrogens with two attached hydrogens (primary N) is 1. The van der Waals surface area contributed by atoms with Gasteiger partial charge >= 0.3 is 0 Å². The van der Waals surface area contributed by atoms with Crippen molar-refractivity contribution >= 4 is 5.91 Å². The molecule has 3 N–H and O–H groups in total. The lowest BCUT2D eigenvalue weighted by atomic mass is 9.78. The number of hydrogen-bond donors (Lipinski definition) is 2. The fourth-order valence-corrected chi connectivity index (χ4v) is 3.21. The average molecular weight is 247 g/mol. The highest BCUT2D eigenvalue weighted by molar-refractivity contribution is 5.86. The second-order valence-electron chi connectivity index (χ2n) is 5.61. The molecule has 3 nitrogen and oxygen atoms in total. The van der Waals surface area contributed by atoms with Gasteiger partial charge in [-0.1, -0.05) is 44.2 Å². The van der Waals surface area contributed by atoms with Crippen molar-refractivity contribution in [3.8, 4) is 0 Å². The number of amides is 1. The third-order valence-electron chi connectivity index (χ3n) is 4.33. The van der Waals surface area contributed by atoms with Gasteiger partial charge in [-0.2, -0.15) is 0 Å². The Bertz CT molecular complexity index is 429. The summed E-state index contributed by atoms with van der Waals surface area (Å²) in [5.41, 5.74) is 6.22. The molecule has 0 heterocycles. The van der Waals surface area contributed by atoms with Crippen LogP contribution >= 0.6 is 0 Å². The summed E-state index contributed by atoms with van der Waals surface area (Å²) in [4.78, 5) is 11.9. The summed E-state index contributed by atoms with van der Waals surface area (Å²) in [6, 6.07) is 9.98. The summed E-state index contributed by atoms with van der Waals surface area (Å²) in [5.74, 6) is 0.0799. The minimum Gasteiger partial charge on any atom is -0.396 e. The number of aliphatic hydroxyl groups excluding tert-OH is 1. The first-order valence-corrected chi connectivity index (χ1v) is 6.49. The van der Waals surface area contributed by atoms with E-state index in [1.165, 1.54) is 0 Å². The number of primary amides is 1. The topological polar surface area (TPSA) is 63.3 Å². The third-order valence-corrected chi connectivity index (χ3v) is 4.33. The molecule has 1 saturated carbocycles. The molecule has 0 spiro atoms. The molecule has 1 aromatic carbocycles. The second-order valence-corrected chi connectivity index (χ2v) is 5.61. The highest BCUT2D eigenvalue weighted by atomic mass is 16.3. The molecule has 2 unspecified atom stereocenters. The Kier molecular flexibility index (Phi) is 3.44. The maximum atomic E-state index is 11.9. The molecule has 0 aromatic heterocycles. The van der Waals surface area contributed by atoms with E-state index in [1.807, 2.05) is 44.2 Å². The zero-order chi connectivity index (χ0) is 13.3. The van der Waals surface area contributed by atoms with Gasteiger partial charge in [-0.05, 0) is 29.7 Å². The van der Waals surface area contributed by atoms with Gasteiger partial charge in [0.15, 0.2) is 0 Å². The molecule has 2 rings (SSSR count). The molecular formula is C15H21NO2. The zero-order valence-corrected chi connectivity index (χ0v) is 11.0. The summed E-state index contributed by atoms with van der Waals surface area (Å²) in [7, 11) is 0. The van der Waals surface area contributed by atoms with Crippen LogP contribution < -0.4 is 5.73 Å². The summed E-state index contributed by atoms with van der Waals surface area (Å²) in [6.45, 7) is 4.09. The maximum Gasteiger partial charge on any atom is 0.224 e. The number of aliphatic hydroxyl groups is 1. The molecule has 0 aliphatic heterocycles. The Morgan fingerprint density at radius 2 is 2.06 bits per heavy atom. The SMILES string of the molecule is CC(C)[C@@H](CO)C1(C(N)=O)CC1c1ccccc1. The van der Waals surface area contributed by atoms with Crippen LogP contribution in [0.5, 0.6) is 0 Å². The van der Waals surface area contributed by atoms with Gasteiger partial charge < -0.3 is 10.8 Å². The van der Waals surface area contributed by atoms with Crippen LogP contribution in [0.15, 0.2) is 30.3 Å². The Balaban J connectivity index is 2.31. The van der Waals surface area contributed by atoms with Crippen LogP contribution in [-0.2, 0) is 4.79 Å². The van der Waals surface area contributed by atoms with Crippen molar-refractivity contribution in [1.29, 1.82) is 0 Å². The Labute approximate surface area is 108 Å². The first-order chi connectivity index (χ1) is 8.54. The molecule has 0 radical (unpaired) electrons. The summed E-state index contributed by atoms with van der Waals surface area (Å²) < 4.78 is 0. The number of carbonyl (C=O) groups is 1. The third kappa shape index (κ3) is 1.93. The summed E-state index contributed by atoms with van der Waals surface area (Å²) in [6.07, 6.45) is 0.760. The quantitative estimate of drug-likeness (QED) is 0.834. The summed E-state index contributed by atoms with van der Waals surface area (Å²) >= 11 is 0. The van der Waals surface area contributed by atoms with Crippen molar-refractivity contribution in [1.82, 2.24) is 0 Å². The van der Waals surface area contributed by atoms with Crippen LogP contribution in [-0.4, -0.2) is 17.6 Å². The van der Waals surface area contributed by atoms with Crippen LogP contribution in [0.3, 0.4) is 0 Å². The monoisotopic (exact) mass is 247 g/mol. The molecule has 1 amide bonds. The van der Waals surface area contributed by atoms with E-state index in [-0.39, 0.29) is 30.3 Å². The van der Waals surface area contributed by atoms with Gasteiger partial charge in [0.1, 0.15) is 0 Å². The van der Waals surface area contributed by atoms with Gasteiger partial charge in [0.2, 0.25) is 5.91 Å². The standard InChI is InChI=1S/C15H21NO2/c1-10(2)13(9-17)15(14(16)18)8-12(15)11-6-4-3-5-7-11/h3-7,10,12-13,17H,8-9H2,1-2H3,(H2,16,18)/t12?,13-,15?/m1/s1. The number of carbonyl (C=O) groups excluding carboxylic acids is 1. The Hall–Kier alpha value is -1.35. The first kappa shape index (κ1) is 13.1. The molecule has 1 fully saturated rings. The molecule has 98 valence electrons. The van der Waals surface area contributed by atoms with Gasteiger partial charge in [0, 0.05) is 6.61 Å². The lowest BCUT2D eigenvalue weighted by Gasteiger charge is -2.27. The van der Waals surface area contributed by atoms with Crippen molar-refractivity contribution in [2.24, 2.45) is 23.0 Å². The van der Waals surface area contributed by atoms with Crippen LogP contribution in [0.4, 0.5) is 0 Å². The molecule has 1 aliphatic rings. The second kappa shape index (κ2) is 4.73. The van der Waals surface area contributed by atoms with Crippen LogP contribution in [0, 0.1) is 17.3 Å². The van der Waals surface area contributed by atoms with Crippen molar-refractivity contribution in [3.05, 3.63) is 35.9 Å². The number of hydrogen-bond acceptors (Lipinski definition) is 2.